The van der Waals surface area contributed by atoms with Crippen molar-refractivity contribution < 1.29 is 8.78 Å². The Balaban J connectivity index is 1.59. The van der Waals surface area contributed by atoms with Gasteiger partial charge >= 0.3 is 0 Å². The average molecular weight is 468 g/mol. The molecular weight excluding hydrogens is 429 g/mol. The zero-order valence-electron chi connectivity index (χ0n) is 16.4. The fourth-order valence-electron chi connectivity index (χ4n) is 5.16. The summed E-state index contributed by atoms with van der Waals surface area (Å²) >= 11 is 2.61. The summed E-state index contributed by atoms with van der Waals surface area (Å²) in [4.78, 5) is 0. The molecule has 0 nitrogen and oxygen atoms in total. The monoisotopic (exact) mass is 468 g/mol. The molecule has 0 radical (unpaired) electrons. The maximum absolute atomic E-state index is 14.4. The first-order valence-corrected chi connectivity index (χ1v) is 12.2. The van der Waals surface area contributed by atoms with Gasteiger partial charge in [0.2, 0.25) is 0 Å². The van der Waals surface area contributed by atoms with E-state index in [0.29, 0.717) is 5.92 Å². The van der Waals surface area contributed by atoms with Gasteiger partial charge in [0.15, 0.2) is 0 Å². The lowest BCUT2D eigenvalue weighted by molar-refractivity contribution is -0.00670. The van der Waals surface area contributed by atoms with Crippen molar-refractivity contribution in [3.63, 3.8) is 0 Å². The number of hydrogen-bond acceptors (Lipinski definition) is 0. The Morgan fingerprint density at radius 1 is 0.880 bits per heavy atom. The van der Waals surface area contributed by atoms with Crippen LogP contribution in [0.15, 0.2) is 0 Å². The second-order valence-electron chi connectivity index (χ2n) is 8.91. The quantitative estimate of drug-likeness (QED) is 0.182. The van der Waals surface area contributed by atoms with E-state index >= 15 is 0 Å². The van der Waals surface area contributed by atoms with Crippen molar-refractivity contribution in [3.8, 4) is 0 Å². The summed E-state index contributed by atoms with van der Waals surface area (Å²) in [6, 6.07) is 0. The van der Waals surface area contributed by atoms with Gasteiger partial charge in [-0.15, -0.1) is 0 Å². The van der Waals surface area contributed by atoms with Crippen LogP contribution in [0.25, 0.3) is 0 Å². The molecule has 2 aliphatic rings. The van der Waals surface area contributed by atoms with Gasteiger partial charge in [-0.25, -0.2) is 8.78 Å². The lowest BCUT2D eigenvalue weighted by Gasteiger charge is -2.40. The molecule has 0 heterocycles. The molecule has 0 amide bonds. The van der Waals surface area contributed by atoms with Crippen LogP contribution in [0.1, 0.15) is 97.3 Å². The highest BCUT2D eigenvalue weighted by Gasteiger charge is 2.42. The van der Waals surface area contributed by atoms with Gasteiger partial charge in [-0.2, -0.15) is 0 Å². The van der Waals surface area contributed by atoms with E-state index in [-0.39, 0.29) is 11.8 Å². The van der Waals surface area contributed by atoms with Crippen molar-refractivity contribution >= 4 is 22.6 Å². The Kier molecular flexibility index (Phi) is 10.0. The van der Waals surface area contributed by atoms with Gasteiger partial charge in [0.25, 0.3) is 0 Å². The van der Waals surface area contributed by atoms with Crippen LogP contribution >= 0.6 is 22.6 Å². The van der Waals surface area contributed by atoms with E-state index in [9.17, 15) is 8.78 Å². The third-order valence-electron chi connectivity index (χ3n) is 6.94. The van der Waals surface area contributed by atoms with Crippen LogP contribution in [0, 0.1) is 23.7 Å². The van der Waals surface area contributed by atoms with Crippen molar-refractivity contribution in [1.29, 1.82) is 0 Å². The van der Waals surface area contributed by atoms with E-state index in [1.165, 1.54) is 57.8 Å². The maximum atomic E-state index is 14.4. The second-order valence-corrected chi connectivity index (χ2v) is 10.7. The fourth-order valence-corrected chi connectivity index (χ4v) is 6.22. The highest BCUT2D eigenvalue weighted by atomic mass is 127. The Bertz CT molecular complexity index is 354. The first-order chi connectivity index (χ1) is 12.0. The van der Waals surface area contributed by atoms with E-state index in [1.807, 2.05) is 6.92 Å². The number of alkyl halides is 3. The van der Waals surface area contributed by atoms with Crippen molar-refractivity contribution in [2.75, 3.05) is 0 Å². The van der Waals surface area contributed by atoms with E-state index in [0.717, 1.165) is 35.5 Å². The third-order valence-corrected chi connectivity index (χ3v) is 8.19. The molecule has 0 N–H and O–H groups in total. The fraction of sp³-hybridized carbons (Fsp3) is 1.00. The minimum atomic E-state index is -1.22. The molecule has 0 aromatic heterocycles. The van der Waals surface area contributed by atoms with Crippen LogP contribution < -0.4 is 0 Å². The highest BCUT2D eigenvalue weighted by Crippen LogP contribution is 2.44. The average Bonchev–Trinajstić information content (AvgIpc) is 2.61. The standard InChI is InChI=1S/C22H39F2I/c1-3-7-19(25)9-6-4-5-8-17-11-13-18(14-12-17)20-15-10-16(2)21(23)22(20)24/h16-22H,3-15H2,1-2H3. The summed E-state index contributed by atoms with van der Waals surface area (Å²) in [7, 11) is 0. The van der Waals surface area contributed by atoms with E-state index < -0.39 is 12.3 Å². The molecule has 2 aliphatic carbocycles. The zero-order valence-corrected chi connectivity index (χ0v) is 18.5. The first-order valence-electron chi connectivity index (χ1n) is 10.9. The Labute approximate surface area is 168 Å². The molecule has 2 saturated carbocycles. The number of halogens is 3. The molecule has 0 aliphatic heterocycles. The molecule has 2 rings (SSSR count). The summed E-state index contributed by atoms with van der Waals surface area (Å²) in [5.74, 6) is 1.23. The van der Waals surface area contributed by atoms with Gasteiger partial charge in [0, 0.05) is 3.92 Å². The van der Waals surface area contributed by atoms with Gasteiger partial charge in [-0.05, 0) is 62.2 Å². The second kappa shape index (κ2) is 11.4. The van der Waals surface area contributed by atoms with Gasteiger partial charge in [-0.3, -0.25) is 0 Å². The van der Waals surface area contributed by atoms with Crippen molar-refractivity contribution in [3.05, 3.63) is 0 Å². The molecule has 0 bridgehead atoms. The molecule has 0 saturated heterocycles. The van der Waals surface area contributed by atoms with Crippen LogP contribution in [0.3, 0.4) is 0 Å². The lowest BCUT2D eigenvalue weighted by atomic mass is 9.67. The lowest BCUT2D eigenvalue weighted by Crippen LogP contribution is -2.41. The number of rotatable bonds is 9. The van der Waals surface area contributed by atoms with Crippen molar-refractivity contribution in [2.45, 2.75) is 114 Å². The normalized spacial score (nSPS) is 37.8. The largest absolute Gasteiger partial charge is 0.244 e. The predicted octanol–water partition coefficient (Wildman–Crippen LogP) is 8.07. The van der Waals surface area contributed by atoms with E-state index in [1.54, 1.807) is 0 Å². The minimum absolute atomic E-state index is 0.00584. The summed E-state index contributed by atoms with van der Waals surface area (Å²) < 4.78 is 29.3. The number of hydrogen-bond donors (Lipinski definition) is 0. The van der Waals surface area contributed by atoms with Crippen LogP contribution in [-0.4, -0.2) is 16.3 Å². The summed E-state index contributed by atoms with van der Waals surface area (Å²) in [6.45, 7) is 4.14. The third kappa shape index (κ3) is 6.92. The Hall–Kier alpha value is 0.590. The first kappa shape index (κ1) is 21.9. The van der Waals surface area contributed by atoms with Crippen molar-refractivity contribution in [1.82, 2.24) is 0 Å². The van der Waals surface area contributed by atoms with Crippen LogP contribution in [0.2, 0.25) is 0 Å². The highest BCUT2D eigenvalue weighted by molar-refractivity contribution is 14.1. The van der Waals surface area contributed by atoms with Gasteiger partial charge < -0.3 is 0 Å². The molecule has 0 aromatic rings. The Morgan fingerprint density at radius 3 is 2.28 bits per heavy atom. The maximum Gasteiger partial charge on any atom is 0.134 e. The molecule has 0 aromatic carbocycles. The molecular formula is C22H39F2I. The summed E-state index contributed by atoms with van der Waals surface area (Å²) in [6.07, 6.45) is 13.7. The topological polar surface area (TPSA) is 0 Å². The van der Waals surface area contributed by atoms with Gasteiger partial charge in [0.1, 0.15) is 12.3 Å². The minimum Gasteiger partial charge on any atom is -0.244 e. The van der Waals surface area contributed by atoms with E-state index in [4.69, 9.17) is 0 Å². The molecule has 25 heavy (non-hydrogen) atoms. The molecule has 148 valence electrons. The van der Waals surface area contributed by atoms with Gasteiger partial charge in [0.05, 0.1) is 0 Å². The molecule has 3 heteroatoms. The predicted molar refractivity (Wildman–Crippen MR) is 113 cm³/mol. The molecule has 2 fully saturated rings. The van der Waals surface area contributed by atoms with Gasteiger partial charge in [-0.1, -0.05) is 81.4 Å². The van der Waals surface area contributed by atoms with Crippen molar-refractivity contribution in [2.24, 2.45) is 23.7 Å². The van der Waals surface area contributed by atoms with Crippen LogP contribution in [-0.2, 0) is 0 Å². The molecule has 0 spiro atoms. The Morgan fingerprint density at radius 2 is 1.60 bits per heavy atom. The molecule has 5 atom stereocenters. The smallest absolute Gasteiger partial charge is 0.134 e. The SMILES string of the molecule is CCCC(I)CCCCCC1CCC(C2CCC(C)C(F)C2F)CC1. The summed E-state index contributed by atoms with van der Waals surface area (Å²) in [5.41, 5.74) is 0. The zero-order chi connectivity index (χ0) is 18.2. The summed E-state index contributed by atoms with van der Waals surface area (Å²) in [5, 5.41) is 0. The van der Waals surface area contributed by atoms with Crippen LogP contribution in [0.4, 0.5) is 8.78 Å². The number of unbranched alkanes of at least 4 members (excludes halogenated alkanes) is 2. The van der Waals surface area contributed by atoms with Crippen LogP contribution in [0.5, 0.6) is 0 Å². The van der Waals surface area contributed by atoms with E-state index in [2.05, 4.69) is 29.5 Å². The molecule has 5 unspecified atom stereocenters.